The average molecular weight is 369 g/mol. The van der Waals surface area contributed by atoms with Gasteiger partial charge in [0.05, 0.1) is 0 Å². The standard InChI is InChI=1S/C22H26O3.C2H6/c1-14(12-20(23)24)6-9-19-22(5,25-19)16-7-8-18-17(13-16)15(2)10-11-21(18,3)4;1-2/h6-10,12-13,19H,11H2,1-5H3,(H,23,24);1-2H3/b9-6?,14-12+;/t19?,22-;/m1./s1. The maximum Gasteiger partial charge on any atom is 0.328 e. The molecule has 27 heavy (non-hydrogen) atoms. The first-order valence-corrected chi connectivity index (χ1v) is 9.73. The van der Waals surface area contributed by atoms with Crippen LogP contribution < -0.4 is 0 Å². The third-order valence-electron chi connectivity index (χ3n) is 5.41. The van der Waals surface area contributed by atoms with Gasteiger partial charge in [-0.05, 0) is 66.5 Å². The predicted octanol–water partition coefficient (Wildman–Crippen LogP) is 6.00. The van der Waals surface area contributed by atoms with E-state index in [4.69, 9.17) is 9.84 Å². The van der Waals surface area contributed by atoms with Crippen LogP contribution >= 0.6 is 0 Å². The molecule has 0 aromatic heterocycles. The number of fused-ring (bicyclic) bond motifs is 1. The Hall–Kier alpha value is -2.13. The first kappa shape index (κ1) is 21.2. The van der Waals surface area contributed by atoms with E-state index in [0.717, 1.165) is 6.42 Å². The lowest BCUT2D eigenvalue weighted by Crippen LogP contribution is -2.22. The number of rotatable bonds is 4. The zero-order chi connectivity index (χ0) is 20.4. The van der Waals surface area contributed by atoms with Crippen molar-refractivity contribution in [1.82, 2.24) is 0 Å². The van der Waals surface area contributed by atoms with E-state index in [1.54, 1.807) is 6.92 Å². The van der Waals surface area contributed by atoms with Crippen molar-refractivity contribution in [2.24, 2.45) is 0 Å². The highest BCUT2D eigenvalue weighted by Crippen LogP contribution is 2.49. The number of benzene rings is 1. The van der Waals surface area contributed by atoms with Crippen molar-refractivity contribution in [2.75, 3.05) is 0 Å². The molecule has 1 heterocycles. The monoisotopic (exact) mass is 368 g/mol. The number of epoxide rings is 1. The minimum absolute atomic E-state index is 0.0245. The van der Waals surface area contributed by atoms with Crippen LogP contribution in [0.5, 0.6) is 0 Å². The summed E-state index contributed by atoms with van der Waals surface area (Å²) in [4.78, 5) is 10.7. The van der Waals surface area contributed by atoms with Gasteiger partial charge >= 0.3 is 5.97 Å². The number of aliphatic carboxylic acids is 1. The van der Waals surface area contributed by atoms with Crippen molar-refractivity contribution >= 4 is 11.5 Å². The van der Waals surface area contributed by atoms with Gasteiger partial charge < -0.3 is 9.84 Å². The number of carboxylic acid groups (broad SMARTS) is 1. The highest BCUT2D eigenvalue weighted by molar-refractivity contribution is 5.81. The fourth-order valence-electron chi connectivity index (χ4n) is 3.56. The molecule has 146 valence electrons. The summed E-state index contributed by atoms with van der Waals surface area (Å²) in [7, 11) is 0. The van der Waals surface area contributed by atoms with Crippen molar-refractivity contribution in [3.05, 3.63) is 64.8 Å². The highest BCUT2D eigenvalue weighted by Gasteiger charge is 2.52. The maximum absolute atomic E-state index is 10.7. The van der Waals surface area contributed by atoms with Crippen LogP contribution in [-0.2, 0) is 20.5 Å². The molecule has 1 aromatic rings. The molecule has 1 aliphatic heterocycles. The zero-order valence-corrected chi connectivity index (χ0v) is 17.6. The van der Waals surface area contributed by atoms with E-state index in [2.05, 4.69) is 52.0 Å². The number of carbonyl (C=O) groups is 1. The molecule has 0 spiro atoms. The molecule has 1 unspecified atom stereocenters. The van der Waals surface area contributed by atoms with Gasteiger partial charge in [-0.1, -0.05) is 58.1 Å². The van der Waals surface area contributed by atoms with Crippen molar-refractivity contribution < 1.29 is 14.6 Å². The van der Waals surface area contributed by atoms with Crippen LogP contribution in [0, 0.1) is 0 Å². The molecule has 3 heteroatoms. The van der Waals surface area contributed by atoms with Crippen LogP contribution in [-0.4, -0.2) is 17.2 Å². The van der Waals surface area contributed by atoms with Gasteiger partial charge in [0, 0.05) is 6.08 Å². The molecule has 2 atom stereocenters. The molecule has 1 saturated heterocycles. The summed E-state index contributed by atoms with van der Waals surface area (Å²) in [5, 5.41) is 8.78. The van der Waals surface area contributed by atoms with Gasteiger partial charge in [-0.3, -0.25) is 0 Å². The topological polar surface area (TPSA) is 49.8 Å². The van der Waals surface area contributed by atoms with Crippen molar-refractivity contribution in [2.45, 2.75) is 72.0 Å². The fourth-order valence-corrected chi connectivity index (χ4v) is 3.56. The Kier molecular flexibility index (Phi) is 6.16. The van der Waals surface area contributed by atoms with Crippen LogP contribution in [0.1, 0.15) is 71.6 Å². The first-order chi connectivity index (χ1) is 12.6. The third-order valence-corrected chi connectivity index (χ3v) is 5.41. The van der Waals surface area contributed by atoms with Crippen molar-refractivity contribution in [3.8, 4) is 0 Å². The molecule has 1 aliphatic carbocycles. The molecule has 1 aromatic carbocycles. The number of carboxylic acids is 1. The number of ether oxygens (including phenoxy) is 1. The molecular weight excluding hydrogens is 336 g/mol. The summed E-state index contributed by atoms with van der Waals surface area (Å²) in [6.45, 7) is 14.6. The smallest absolute Gasteiger partial charge is 0.328 e. The molecule has 3 rings (SSSR count). The lowest BCUT2D eigenvalue weighted by Gasteiger charge is -2.32. The molecule has 0 saturated carbocycles. The van der Waals surface area contributed by atoms with Gasteiger partial charge in [0.1, 0.15) is 11.7 Å². The van der Waals surface area contributed by atoms with E-state index >= 15 is 0 Å². The second-order valence-corrected chi connectivity index (χ2v) is 7.97. The molecule has 0 radical (unpaired) electrons. The summed E-state index contributed by atoms with van der Waals surface area (Å²) in [6, 6.07) is 6.67. The van der Waals surface area contributed by atoms with Crippen LogP contribution in [0.15, 0.2) is 48.1 Å². The van der Waals surface area contributed by atoms with E-state index in [1.807, 2.05) is 26.0 Å². The minimum Gasteiger partial charge on any atom is -0.478 e. The molecule has 1 N–H and O–H groups in total. The Labute approximate surface area is 163 Å². The van der Waals surface area contributed by atoms with Gasteiger partial charge in [0.15, 0.2) is 0 Å². The largest absolute Gasteiger partial charge is 0.478 e. The predicted molar refractivity (Wildman–Crippen MR) is 112 cm³/mol. The zero-order valence-electron chi connectivity index (χ0n) is 17.6. The van der Waals surface area contributed by atoms with E-state index in [0.29, 0.717) is 5.57 Å². The number of allylic oxidation sites excluding steroid dienone is 4. The summed E-state index contributed by atoms with van der Waals surface area (Å²) >= 11 is 0. The SMILES string of the molecule is CC.CC1=CCC(C)(C)c2ccc([C@@]3(C)OC3C=C/C(C)=C/C(=O)O)cc21. The van der Waals surface area contributed by atoms with E-state index in [1.165, 1.54) is 28.3 Å². The molecule has 0 amide bonds. The average Bonchev–Trinajstić information content (AvgIpc) is 3.29. The Bertz CT molecular complexity index is 811. The van der Waals surface area contributed by atoms with Crippen LogP contribution in [0.3, 0.4) is 0 Å². The Morgan fingerprint density at radius 3 is 2.56 bits per heavy atom. The normalized spacial score (nSPS) is 26.0. The van der Waals surface area contributed by atoms with E-state index < -0.39 is 5.97 Å². The summed E-state index contributed by atoms with van der Waals surface area (Å²) in [5.41, 5.74) is 5.74. The lowest BCUT2D eigenvalue weighted by atomic mass is 9.73. The van der Waals surface area contributed by atoms with Gasteiger partial charge in [0.2, 0.25) is 0 Å². The van der Waals surface area contributed by atoms with Gasteiger partial charge in [-0.15, -0.1) is 0 Å². The Balaban J connectivity index is 0.00000126. The van der Waals surface area contributed by atoms with Gasteiger partial charge in [0.25, 0.3) is 0 Å². The van der Waals surface area contributed by atoms with Crippen LogP contribution in [0.4, 0.5) is 0 Å². The third kappa shape index (κ3) is 4.41. The van der Waals surface area contributed by atoms with Crippen molar-refractivity contribution in [1.29, 1.82) is 0 Å². The summed E-state index contributed by atoms with van der Waals surface area (Å²) in [5.74, 6) is -0.929. The Morgan fingerprint density at radius 1 is 1.26 bits per heavy atom. The lowest BCUT2D eigenvalue weighted by molar-refractivity contribution is -0.131. The second kappa shape index (κ2) is 7.85. The van der Waals surface area contributed by atoms with Gasteiger partial charge in [-0.2, -0.15) is 0 Å². The second-order valence-electron chi connectivity index (χ2n) is 7.97. The fraction of sp³-hybridized carbons (Fsp3) is 0.458. The maximum atomic E-state index is 10.7. The Morgan fingerprint density at radius 2 is 1.93 bits per heavy atom. The quantitative estimate of drug-likeness (QED) is 0.403. The number of hydrogen-bond donors (Lipinski definition) is 1. The summed E-state index contributed by atoms with van der Waals surface area (Å²) < 4.78 is 5.94. The summed E-state index contributed by atoms with van der Waals surface area (Å²) in [6.07, 6.45) is 8.32. The van der Waals surface area contributed by atoms with E-state index in [9.17, 15) is 4.79 Å². The molecule has 1 fully saturated rings. The number of hydrogen-bond acceptors (Lipinski definition) is 2. The minimum atomic E-state index is -0.929. The molecular formula is C24H32O3. The van der Waals surface area contributed by atoms with Crippen molar-refractivity contribution in [3.63, 3.8) is 0 Å². The van der Waals surface area contributed by atoms with Crippen LogP contribution in [0.2, 0.25) is 0 Å². The highest BCUT2D eigenvalue weighted by atomic mass is 16.6. The molecule has 2 aliphatic rings. The molecule has 0 bridgehead atoms. The van der Waals surface area contributed by atoms with Crippen LogP contribution in [0.25, 0.3) is 5.57 Å². The van der Waals surface area contributed by atoms with Gasteiger partial charge in [-0.25, -0.2) is 4.79 Å². The molecule has 3 nitrogen and oxygen atoms in total. The first-order valence-electron chi connectivity index (χ1n) is 9.73. The van der Waals surface area contributed by atoms with E-state index in [-0.39, 0.29) is 17.1 Å².